The maximum Gasteiger partial charge on any atom is 0.144 e. The summed E-state index contributed by atoms with van der Waals surface area (Å²) in [5, 5.41) is 10.8. The van der Waals surface area contributed by atoms with Crippen molar-refractivity contribution in [1.82, 2.24) is 15.0 Å². The Balaban J connectivity index is 1.13. The van der Waals surface area contributed by atoms with Crippen LogP contribution in [0.25, 0.3) is 55.7 Å². The summed E-state index contributed by atoms with van der Waals surface area (Å²) in [4.78, 5) is 14.3. The second-order valence-corrected chi connectivity index (χ2v) is 17.5. The number of fused-ring (bicyclic) bond motifs is 3. The van der Waals surface area contributed by atoms with E-state index < -0.39 is 35.4 Å². The lowest BCUT2D eigenvalue weighted by atomic mass is 9.75. The summed E-state index contributed by atoms with van der Waals surface area (Å²) >= 11 is 0. The summed E-state index contributed by atoms with van der Waals surface area (Å²) in [7, 11) is 0. The lowest BCUT2D eigenvalue weighted by Gasteiger charge is -2.30. The SMILES string of the molecule is [2H]c1cc2c(oc3c(-c4ccc(C(C)(C)C([2H])([2H])c5cc(C([2H])([2H])C(C)(C)c6ccc(-c7ccccc7)nc6)cc(C([2H])([2H])C(C)(C)c6ccc(-c7ccccc7)nc6)c5)cn4)cccc32)c([2H])c1C#N. The first kappa shape index (κ1) is 32.5. The zero-order valence-corrected chi connectivity index (χ0v) is 36.2. The summed E-state index contributed by atoms with van der Waals surface area (Å²) in [6.07, 6.45) is -1.65. The van der Waals surface area contributed by atoms with Crippen molar-refractivity contribution in [2.24, 2.45) is 0 Å². The molecule has 0 aliphatic rings. The minimum absolute atomic E-state index is 0.0632. The van der Waals surface area contributed by atoms with Crippen molar-refractivity contribution in [2.75, 3.05) is 0 Å². The van der Waals surface area contributed by atoms with Gasteiger partial charge in [-0.15, -0.1) is 0 Å². The van der Waals surface area contributed by atoms with Gasteiger partial charge >= 0.3 is 0 Å². The quantitative estimate of drug-likeness (QED) is 0.123. The normalized spacial score (nSPS) is 14.7. The van der Waals surface area contributed by atoms with E-state index in [4.69, 9.17) is 22.1 Å². The van der Waals surface area contributed by atoms with Gasteiger partial charge in [0.15, 0.2) is 0 Å². The maximum absolute atomic E-state index is 10.0. The number of para-hydroxylation sites is 1. The van der Waals surface area contributed by atoms with Gasteiger partial charge in [-0.3, -0.25) is 15.0 Å². The first-order chi connectivity index (χ1) is 33.5. The van der Waals surface area contributed by atoms with Gasteiger partial charge in [0.2, 0.25) is 0 Å². The zero-order valence-electron chi connectivity index (χ0n) is 44.2. The number of aromatic nitrogens is 3. The molecule has 0 amide bonds. The zero-order chi connectivity index (χ0) is 50.9. The molecule has 0 N–H and O–H groups in total. The number of furan rings is 1. The Morgan fingerprint density at radius 1 is 0.540 bits per heavy atom. The van der Waals surface area contributed by atoms with Crippen LogP contribution >= 0.6 is 0 Å². The molecule has 310 valence electrons. The standard InChI is InChI=1S/C58H52N4O/c1-56(2,45-21-25-51(60-36-45)43-14-9-7-10-15-43)32-40-28-41(33-57(3,4)46-22-26-52(61-37-46)44-16-11-8-12-17-44)30-42(29-40)34-58(5,6)47-23-27-53(62-38-47)50-19-13-18-49-48-24-20-39(35-59)31-54(48)63-55(49)50/h7-31,36-38H,32-34H2,1-6H3/i20D,31D,32D2,33D2,34D2. The Morgan fingerprint density at radius 2 is 1.00 bits per heavy atom. The van der Waals surface area contributed by atoms with Gasteiger partial charge < -0.3 is 4.42 Å². The third kappa shape index (κ3) is 8.68. The molecule has 5 nitrogen and oxygen atoms in total. The molecule has 9 rings (SSSR count). The van der Waals surface area contributed by atoms with Crippen molar-refractivity contribution in [2.45, 2.75) is 76.9 Å². The van der Waals surface area contributed by atoms with Crippen LogP contribution in [-0.2, 0) is 35.4 Å². The number of rotatable bonds is 12. The fraction of sp³-hybridized carbons (Fsp3) is 0.207. The van der Waals surface area contributed by atoms with Gasteiger partial charge in [0.05, 0.1) is 31.5 Å². The predicted molar refractivity (Wildman–Crippen MR) is 258 cm³/mol. The van der Waals surface area contributed by atoms with Crippen LogP contribution in [0.5, 0.6) is 0 Å². The van der Waals surface area contributed by atoms with Crippen LogP contribution in [0, 0.1) is 11.3 Å². The average molecular weight is 829 g/mol. The molecule has 9 aromatic rings. The Kier molecular flexibility index (Phi) is 8.58. The Bertz CT molecular complexity index is 3370. The number of hydrogen-bond acceptors (Lipinski definition) is 5. The summed E-state index contributed by atoms with van der Waals surface area (Å²) in [6, 6.07) is 43.8. The van der Waals surface area contributed by atoms with Crippen LogP contribution in [0.2, 0.25) is 0 Å². The highest BCUT2D eigenvalue weighted by molar-refractivity contribution is 6.09. The Morgan fingerprint density at radius 3 is 1.43 bits per heavy atom. The summed E-state index contributed by atoms with van der Waals surface area (Å²) in [5.74, 6) is 0. The molecule has 0 atom stereocenters. The molecule has 0 bridgehead atoms. The second kappa shape index (κ2) is 16.6. The number of hydrogen-bond donors (Lipinski definition) is 0. The van der Waals surface area contributed by atoms with Gasteiger partial charge in [-0.25, -0.2) is 0 Å². The van der Waals surface area contributed by atoms with Gasteiger partial charge in [-0.1, -0.05) is 151 Å². The van der Waals surface area contributed by atoms with Gasteiger partial charge in [0.25, 0.3) is 0 Å². The van der Waals surface area contributed by atoms with E-state index in [0.717, 1.165) is 22.5 Å². The molecule has 0 spiro atoms. The summed E-state index contributed by atoms with van der Waals surface area (Å²) in [6.45, 7) is 10.7. The summed E-state index contributed by atoms with van der Waals surface area (Å²) in [5.41, 5.74) is 3.29. The van der Waals surface area contributed by atoms with Crippen LogP contribution in [0.1, 0.15) is 91.5 Å². The molecule has 0 fully saturated rings. The van der Waals surface area contributed by atoms with E-state index in [1.165, 1.54) is 6.07 Å². The molecular formula is C58H52N4O. The number of pyridine rings is 3. The lowest BCUT2D eigenvalue weighted by Crippen LogP contribution is -2.24. The third-order valence-corrected chi connectivity index (χ3v) is 11.6. The van der Waals surface area contributed by atoms with E-state index in [1.807, 2.05) is 109 Å². The van der Waals surface area contributed by atoms with E-state index >= 15 is 0 Å². The highest BCUT2D eigenvalue weighted by Crippen LogP contribution is 2.38. The van der Waals surface area contributed by atoms with Crippen LogP contribution in [0.3, 0.4) is 0 Å². The van der Waals surface area contributed by atoms with Crippen molar-refractivity contribution >= 4 is 21.9 Å². The maximum atomic E-state index is 10.0. The van der Waals surface area contributed by atoms with E-state index in [9.17, 15) is 13.5 Å². The highest BCUT2D eigenvalue weighted by Gasteiger charge is 2.28. The largest absolute Gasteiger partial charge is 0.455 e. The van der Waals surface area contributed by atoms with Crippen molar-refractivity contribution < 1.29 is 15.4 Å². The lowest BCUT2D eigenvalue weighted by molar-refractivity contribution is 0.505. The predicted octanol–water partition coefficient (Wildman–Crippen LogP) is 14.2. The first-order valence-electron chi connectivity index (χ1n) is 25.1. The number of nitriles is 1. The van der Waals surface area contributed by atoms with Gasteiger partial charge in [0, 0.05) is 54.3 Å². The smallest absolute Gasteiger partial charge is 0.144 e. The molecule has 0 aliphatic heterocycles. The van der Waals surface area contributed by atoms with Crippen LogP contribution in [0.4, 0.5) is 0 Å². The Labute approximate surface area is 382 Å². The second-order valence-electron chi connectivity index (χ2n) is 17.5. The minimum Gasteiger partial charge on any atom is -0.455 e. The molecule has 4 aromatic heterocycles. The first-order valence-corrected chi connectivity index (χ1v) is 21.1. The van der Waals surface area contributed by atoms with Crippen molar-refractivity contribution in [1.29, 1.82) is 5.26 Å². The van der Waals surface area contributed by atoms with Crippen LogP contribution in [-0.4, -0.2) is 15.0 Å². The number of nitrogens with zero attached hydrogens (tertiary/aromatic N) is 4. The van der Waals surface area contributed by atoms with E-state index in [-0.39, 0.29) is 39.9 Å². The molecule has 0 radical (unpaired) electrons. The van der Waals surface area contributed by atoms with E-state index in [0.29, 0.717) is 44.3 Å². The van der Waals surface area contributed by atoms with Crippen molar-refractivity contribution in [3.8, 4) is 39.8 Å². The monoisotopic (exact) mass is 828 g/mol. The highest BCUT2D eigenvalue weighted by atomic mass is 16.3. The van der Waals surface area contributed by atoms with E-state index in [2.05, 4.69) is 0 Å². The van der Waals surface area contributed by atoms with E-state index in [1.54, 1.807) is 90.5 Å². The fourth-order valence-corrected chi connectivity index (χ4v) is 8.08. The molecule has 63 heavy (non-hydrogen) atoms. The molecular weight excluding hydrogens is 769 g/mol. The molecule has 0 unspecified atom stereocenters. The summed E-state index contributed by atoms with van der Waals surface area (Å²) < 4.78 is 82.9. The Hall–Kier alpha value is -7.16. The molecule has 0 saturated carbocycles. The van der Waals surface area contributed by atoms with Crippen molar-refractivity contribution in [3.05, 3.63) is 209 Å². The van der Waals surface area contributed by atoms with Gasteiger partial charge in [0.1, 0.15) is 11.2 Å². The topological polar surface area (TPSA) is 75.6 Å². The molecule has 0 saturated heterocycles. The number of benzene rings is 5. The molecule has 5 heteroatoms. The van der Waals surface area contributed by atoms with Crippen LogP contribution < -0.4 is 0 Å². The van der Waals surface area contributed by atoms with Crippen molar-refractivity contribution in [3.63, 3.8) is 0 Å². The third-order valence-electron chi connectivity index (χ3n) is 11.6. The van der Waals surface area contributed by atoms with Crippen LogP contribution in [0.15, 0.2) is 175 Å². The molecule has 4 heterocycles. The minimum atomic E-state index is -2.24. The molecule has 0 aliphatic carbocycles. The van der Waals surface area contributed by atoms with Gasteiger partial charge in [-0.2, -0.15) is 5.26 Å². The molecule has 5 aromatic carbocycles. The average Bonchev–Trinajstić information content (AvgIpc) is 3.75. The van der Waals surface area contributed by atoms with Gasteiger partial charge in [-0.05, 0) is 111 Å². The fourth-order valence-electron chi connectivity index (χ4n) is 8.08.